The Morgan fingerprint density at radius 3 is 2.77 bits per heavy atom. The zero-order chi connectivity index (χ0) is 9.84. The fourth-order valence-electron chi connectivity index (χ4n) is 1.13. The van der Waals surface area contributed by atoms with Crippen molar-refractivity contribution >= 4 is 28.4 Å². The van der Waals surface area contributed by atoms with E-state index in [4.69, 9.17) is 23.2 Å². The largest absolute Gasteiger partial charge is 0.280 e. The molecule has 3 heteroatoms. The molecule has 1 unspecified atom stereocenters. The Bertz CT molecular complexity index is 310. The summed E-state index contributed by atoms with van der Waals surface area (Å²) >= 11 is 11.0. The van der Waals surface area contributed by atoms with Gasteiger partial charge in [-0.1, -0.05) is 29.8 Å². The zero-order valence-electron chi connectivity index (χ0n) is 7.26. The summed E-state index contributed by atoms with van der Waals surface area (Å²) in [7, 11) is 0. The van der Waals surface area contributed by atoms with Crippen LogP contribution in [0.5, 0.6) is 0 Å². The molecule has 0 bridgehead atoms. The highest BCUT2D eigenvalue weighted by molar-refractivity contribution is 6.69. The summed E-state index contributed by atoms with van der Waals surface area (Å²) in [6.45, 7) is 2.00. The fourth-order valence-corrected chi connectivity index (χ4v) is 1.38. The Labute approximate surface area is 87.7 Å². The molecule has 1 aromatic carbocycles. The van der Waals surface area contributed by atoms with Crippen LogP contribution in [0.15, 0.2) is 24.3 Å². The summed E-state index contributed by atoms with van der Waals surface area (Å²) in [4.78, 5) is 10.7. The Morgan fingerprint density at radius 2 is 2.23 bits per heavy atom. The van der Waals surface area contributed by atoms with Crippen molar-refractivity contribution in [3.8, 4) is 0 Å². The molecule has 1 aromatic rings. The first-order valence-corrected chi connectivity index (χ1v) is 4.80. The van der Waals surface area contributed by atoms with Gasteiger partial charge in [0.15, 0.2) is 0 Å². The third-order valence-electron chi connectivity index (χ3n) is 1.74. The van der Waals surface area contributed by atoms with Crippen LogP contribution in [0.4, 0.5) is 0 Å². The maximum atomic E-state index is 10.7. The molecule has 70 valence electrons. The fraction of sp³-hybridized carbons (Fsp3) is 0.300. The van der Waals surface area contributed by atoms with Gasteiger partial charge in [-0.3, -0.25) is 4.79 Å². The molecule has 0 aliphatic rings. The number of carbonyl (C=O) groups excluding carboxylic acids is 1. The van der Waals surface area contributed by atoms with Crippen molar-refractivity contribution in [1.82, 2.24) is 0 Å². The van der Waals surface area contributed by atoms with E-state index in [0.717, 1.165) is 11.1 Å². The van der Waals surface area contributed by atoms with Crippen LogP contribution in [-0.4, -0.2) is 10.6 Å². The van der Waals surface area contributed by atoms with Gasteiger partial charge in [-0.15, -0.1) is 11.6 Å². The van der Waals surface area contributed by atoms with Crippen LogP contribution in [0.3, 0.4) is 0 Å². The van der Waals surface area contributed by atoms with Crippen molar-refractivity contribution in [2.75, 3.05) is 0 Å². The second-order valence-corrected chi connectivity index (χ2v) is 3.86. The minimum atomic E-state index is -0.622. The van der Waals surface area contributed by atoms with Gasteiger partial charge in [-0.2, -0.15) is 0 Å². The van der Waals surface area contributed by atoms with Crippen LogP contribution in [-0.2, 0) is 11.2 Å². The lowest BCUT2D eigenvalue weighted by molar-refractivity contribution is -0.111. The molecule has 1 nitrogen and oxygen atoms in total. The van der Waals surface area contributed by atoms with Gasteiger partial charge < -0.3 is 0 Å². The number of alkyl halides is 1. The smallest absolute Gasteiger partial charge is 0.239 e. The molecule has 0 aliphatic carbocycles. The van der Waals surface area contributed by atoms with Crippen LogP contribution < -0.4 is 0 Å². The number of benzene rings is 1. The average Bonchev–Trinajstić information content (AvgIpc) is 2.04. The van der Waals surface area contributed by atoms with E-state index in [9.17, 15) is 4.79 Å². The molecule has 0 radical (unpaired) electrons. The molecular formula is C10H10Cl2O. The minimum Gasteiger partial charge on any atom is -0.280 e. The third kappa shape index (κ3) is 3.37. The van der Waals surface area contributed by atoms with Crippen LogP contribution in [0.1, 0.15) is 11.1 Å². The van der Waals surface area contributed by atoms with E-state index < -0.39 is 10.6 Å². The molecule has 0 amide bonds. The van der Waals surface area contributed by atoms with Crippen molar-refractivity contribution in [3.05, 3.63) is 35.4 Å². The maximum absolute atomic E-state index is 10.7. The number of halogens is 2. The Balaban J connectivity index is 2.69. The highest BCUT2D eigenvalue weighted by atomic mass is 35.5. The van der Waals surface area contributed by atoms with Crippen molar-refractivity contribution in [1.29, 1.82) is 0 Å². The normalized spacial score (nSPS) is 12.5. The first-order chi connectivity index (χ1) is 6.09. The summed E-state index contributed by atoms with van der Waals surface area (Å²) in [6.07, 6.45) is 0.492. The van der Waals surface area contributed by atoms with Gasteiger partial charge in [0.25, 0.3) is 0 Å². The van der Waals surface area contributed by atoms with E-state index in [1.807, 2.05) is 31.2 Å². The summed E-state index contributed by atoms with van der Waals surface area (Å²) < 4.78 is 0. The molecule has 0 heterocycles. The summed E-state index contributed by atoms with van der Waals surface area (Å²) in [6, 6.07) is 7.86. The van der Waals surface area contributed by atoms with Crippen molar-refractivity contribution in [2.45, 2.75) is 18.7 Å². The van der Waals surface area contributed by atoms with Gasteiger partial charge in [0.05, 0.1) is 0 Å². The molecule has 0 aliphatic heterocycles. The quantitative estimate of drug-likeness (QED) is 0.562. The summed E-state index contributed by atoms with van der Waals surface area (Å²) in [5, 5.41) is -1.12. The lowest BCUT2D eigenvalue weighted by Gasteiger charge is -2.04. The number of hydrogen-bond donors (Lipinski definition) is 0. The topological polar surface area (TPSA) is 17.1 Å². The predicted molar refractivity (Wildman–Crippen MR) is 55.4 cm³/mol. The summed E-state index contributed by atoms with van der Waals surface area (Å²) in [5.41, 5.74) is 2.19. The number of hydrogen-bond acceptors (Lipinski definition) is 1. The van der Waals surface area contributed by atoms with E-state index in [2.05, 4.69) is 0 Å². The summed E-state index contributed by atoms with van der Waals surface area (Å²) in [5.74, 6) is 0. The number of carbonyl (C=O) groups is 1. The zero-order valence-corrected chi connectivity index (χ0v) is 8.77. The lowest BCUT2D eigenvalue weighted by atomic mass is 10.1. The average molecular weight is 217 g/mol. The standard InChI is InChI=1S/C10H10Cl2O/c1-7-3-2-4-8(5-7)6-9(11)10(12)13/h2-5,9H,6H2,1H3. The van der Waals surface area contributed by atoms with Gasteiger partial charge in [0, 0.05) is 0 Å². The Hall–Kier alpha value is -0.530. The van der Waals surface area contributed by atoms with Crippen molar-refractivity contribution < 1.29 is 4.79 Å². The van der Waals surface area contributed by atoms with Gasteiger partial charge in [-0.25, -0.2) is 0 Å². The van der Waals surface area contributed by atoms with Crippen molar-refractivity contribution in [2.24, 2.45) is 0 Å². The Morgan fingerprint density at radius 1 is 1.54 bits per heavy atom. The minimum absolute atomic E-state index is 0.492. The Kier molecular flexibility index (Phi) is 3.76. The van der Waals surface area contributed by atoms with Crippen LogP contribution in [0.2, 0.25) is 0 Å². The molecule has 0 fully saturated rings. The van der Waals surface area contributed by atoms with Gasteiger partial charge in [-0.05, 0) is 30.5 Å². The third-order valence-corrected chi connectivity index (χ3v) is 2.47. The molecule has 1 rings (SSSR count). The van der Waals surface area contributed by atoms with E-state index in [0.29, 0.717) is 6.42 Å². The van der Waals surface area contributed by atoms with E-state index in [1.165, 1.54) is 0 Å². The van der Waals surface area contributed by atoms with Gasteiger partial charge in [0.2, 0.25) is 5.24 Å². The second kappa shape index (κ2) is 4.64. The van der Waals surface area contributed by atoms with Crippen molar-refractivity contribution in [3.63, 3.8) is 0 Å². The number of rotatable bonds is 3. The second-order valence-electron chi connectivity index (χ2n) is 2.96. The monoisotopic (exact) mass is 216 g/mol. The predicted octanol–water partition coefficient (Wildman–Crippen LogP) is 2.91. The SMILES string of the molecule is Cc1cccc(CC(Cl)C(=O)Cl)c1. The molecule has 0 saturated heterocycles. The number of aryl methyl sites for hydroxylation is 1. The molecule has 0 N–H and O–H groups in total. The molecule has 0 saturated carbocycles. The molecule has 13 heavy (non-hydrogen) atoms. The van der Waals surface area contributed by atoms with Gasteiger partial charge >= 0.3 is 0 Å². The first kappa shape index (κ1) is 10.6. The maximum Gasteiger partial charge on any atom is 0.239 e. The highest BCUT2D eigenvalue weighted by Gasteiger charge is 2.12. The van der Waals surface area contributed by atoms with Crippen LogP contribution >= 0.6 is 23.2 Å². The van der Waals surface area contributed by atoms with Crippen LogP contribution in [0.25, 0.3) is 0 Å². The highest BCUT2D eigenvalue weighted by Crippen LogP contribution is 2.12. The van der Waals surface area contributed by atoms with E-state index in [1.54, 1.807) is 0 Å². The van der Waals surface area contributed by atoms with Crippen LogP contribution in [0, 0.1) is 6.92 Å². The molecule has 0 spiro atoms. The molecule has 0 aromatic heterocycles. The lowest BCUT2D eigenvalue weighted by Crippen LogP contribution is -2.11. The molecule has 1 atom stereocenters. The first-order valence-electron chi connectivity index (χ1n) is 3.98. The van der Waals surface area contributed by atoms with E-state index >= 15 is 0 Å². The van der Waals surface area contributed by atoms with E-state index in [-0.39, 0.29) is 0 Å². The molecular weight excluding hydrogens is 207 g/mol. The van der Waals surface area contributed by atoms with Gasteiger partial charge in [0.1, 0.15) is 5.38 Å².